The topological polar surface area (TPSA) is 30.7 Å². The van der Waals surface area contributed by atoms with Crippen LogP contribution in [0.5, 0.6) is 0 Å². The highest BCUT2D eigenvalue weighted by Crippen LogP contribution is 2.56. The van der Waals surface area contributed by atoms with E-state index in [-0.39, 0.29) is 5.41 Å². The average Bonchev–Trinajstić information content (AvgIpc) is 3.67. The van der Waals surface area contributed by atoms with Crippen molar-refractivity contribution in [2.24, 2.45) is 0 Å². The second-order valence-electron chi connectivity index (χ2n) is 14.5. The van der Waals surface area contributed by atoms with Gasteiger partial charge in [-0.3, -0.25) is 4.57 Å². The molecule has 0 saturated heterocycles. The van der Waals surface area contributed by atoms with Gasteiger partial charge in [0.1, 0.15) is 0 Å². The van der Waals surface area contributed by atoms with E-state index in [1.165, 1.54) is 87.0 Å². The monoisotopic (exact) mass is 653 g/mol. The van der Waals surface area contributed by atoms with Crippen molar-refractivity contribution in [1.29, 1.82) is 0 Å². The molecule has 1 saturated carbocycles. The maximum atomic E-state index is 5.56. The summed E-state index contributed by atoms with van der Waals surface area (Å²) < 4.78 is 2.30. The first-order chi connectivity index (χ1) is 25.3. The summed E-state index contributed by atoms with van der Waals surface area (Å²) in [6.07, 6.45) is 6.27. The number of benzene rings is 7. The Bertz CT molecular complexity index is 2840. The van der Waals surface area contributed by atoms with Gasteiger partial charge in [0.25, 0.3) is 0 Å². The number of rotatable bonds is 3. The van der Waals surface area contributed by atoms with Gasteiger partial charge < -0.3 is 0 Å². The average molecular weight is 654 g/mol. The van der Waals surface area contributed by atoms with Crippen molar-refractivity contribution in [3.05, 3.63) is 163 Å². The summed E-state index contributed by atoms with van der Waals surface area (Å²) >= 11 is 0. The van der Waals surface area contributed by atoms with Crippen LogP contribution in [0.3, 0.4) is 0 Å². The van der Waals surface area contributed by atoms with Gasteiger partial charge in [-0.2, -0.15) is 0 Å². The van der Waals surface area contributed by atoms with Gasteiger partial charge in [0, 0.05) is 27.1 Å². The van der Waals surface area contributed by atoms with Crippen molar-refractivity contribution in [2.45, 2.75) is 37.5 Å². The number of nitrogens with zero attached hydrogens (tertiary/aromatic N) is 3. The van der Waals surface area contributed by atoms with Crippen molar-refractivity contribution >= 4 is 43.5 Å². The van der Waals surface area contributed by atoms with Crippen molar-refractivity contribution in [3.63, 3.8) is 0 Å². The minimum atomic E-state index is 0.0770. The van der Waals surface area contributed by atoms with Gasteiger partial charge in [-0.25, -0.2) is 9.97 Å². The van der Waals surface area contributed by atoms with E-state index in [0.717, 1.165) is 33.2 Å². The molecule has 1 spiro atoms. The number of aromatic nitrogens is 3. The van der Waals surface area contributed by atoms with Gasteiger partial charge in [0.05, 0.1) is 22.2 Å². The fraction of sp³-hybridized carbons (Fsp3) is 0.125. The van der Waals surface area contributed by atoms with Crippen LogP contribution in [-0.2, 0) is 5.41 Å². The molecule has 3 heteroatoms. The molecule has 242 valence electrons. The van der Waals surface area contributed by atoms with E-state index < -0.39 is 0 Å². The molecule has 2 aliphatic carbocycles. The molecular formula is C48H35N3. The molecule has 0 radical (unpaired) electrons. The summed E-state index contributed by atoms with van der Waals surface area (Å²) in [5.74, 6) is 0.695. The molecule has 3 nitrogen and oxygen atoms in total. The lowest BCUT2D eigenvalue weighted by Crippen LogP contribution is -2.28. The minimum absolute atomic E-state index is 0.0770. The largest absolute Gasteiger partial charge is 0.278 e. The summed E-state index contributed by atoms with van der Waals surface area (Å²) in [5, 5.41) is 5.98. The summed E-state index contributed by atoms with van der Waals surface area (Å²) in [6.45, 7) is 0. The second kappa shape index (κ2) is 11.0. The summed E-state index contributed by atoms with van der Waals surface area (Å²) in [6, 6.07) is 55.4. The number of hydrogen-bond donors (Lipinski definition) is 0. The maximum absolute atomic E-state index is 5.56. The lowest BCUT2D eigenvalue weighted by molar-refractivity contribution is 0.353. The van der Waals surface area contributed by atoms with Gasteiger partial charge >= 0.3 is 0 Å². The molecule has 7 aromatic carbocycles. The van der Waals surface area contributed by atoms with Crippen LogP contribution < -0.4 is 0 Å². The van der Waals surface area contributed by atoms with Gasteiger partial charge in [0.2, 0.25) is 5.95 Å². The van der Waals surface area contributed by atoms with Crippen LogP contribution >= 0.6 is 0 Å². The highest BCUT2D eigenvalue weighted by atomic mass is 15.2. The molecule has 2 aliphatic rings. The highest BCUT2D eigenvalue weighted by Gasteiger charge is 2.43. The Labute approximate surface area is 296 Å². The quantitative estimate of drug-likeness (QED) is 0.190. The predicted molar refractivity (Wildman–Crippen MR) is 212 cm³/mol. The SMILES string of the molecule is c1ccc(-c2ccc3c4c5ccccc5ccc4n(-c4nc(-c5ccc6c(c5)C5(CCCCC5)c5ccccc5-6)c5ccccc5n4)c3c2)cc1. The molecule has 11 rings (SSSR count). The van der Waals surface area contributed by atoms with Crippen LogP contribution in [0.2, 0.25) is 0 Å². The fourth-order valence-corrected chi connectivity index (χ4v) is 9.49. The van der Waals surface area contributed by atoms with Crippen LogP contribution in [0.4, 0.5) is 0 Å². The van der Waals surface area contributed by atoms with E-state index in [4.69, 9.17) is 9.97 Å². The van der Waals surface area contributed by atoms with Crippen LogP contribution in [0.25, 0.3) is 82.9 Å². The Morgan fingerprint density at radius 3 is 2.12 bits per heavy atom. The first-order valence-corrected chi connectivity index (χ1v) is 18.3. The van der Waals surface area contributed by atoms with Gasteiger partial charge in [-0.05, 0) is 81.3 Å². The predicted octanol–water partition coefficient (Wildman–Crippen LogP) is 12.4. The van der Waals surface area contributed by atoms with E-state index in [1.807, 2.05) is 0 Å². The lowest BCUT2D eigenvalue weighted by atomic mass is 9.67. The number of fused-ring (bicyclic) bond motifs is 11. The van der Waals surface area contributed by atoms with E-state index in [2.05, 4.69) is 156 Å². The molecular weight excluding hydrogens is 619 g/mol. The van der Waals surface area contributed by atoms with Gasteiger partial charge in [-0.15, -0.1) is 0 Å². The molecule has 0 unspecified atom stereocenters. The smallest absolute Gasteiger partial charge is 0.235 e. The molecule has 0 N–H and O–H groups in total. The van der Waals surface area contributed by atoms with Crippen LogP contribution in [-0.4, -0.2) is 14.5 Å². The zero-order valence-electron chi connectivity index (χ0n) is 28.3. The van der Waals surface area contributed by atoms with Crippen molar-refractivity contribution in [3.8, 4) is 39.5 Å². The molecule has 9 aromatic rings. The number of hydrogen-bond acceptors (Lipinski definition) is 2. The Hall–Kier alpha value is -6.06. The van der Waals surface area contributed by atoms with E-state index in [9.17, 15) is 0 Å². The molecule has 2 aromatic heterocycles. The van der Waals surface area contributed by atoms with Crippen molar-refractivity contribution in [2.75, 3.05) is 0 Å². The first kappa shape index (κ1) is 28.7. The van der Waals surface area contributed by atoms with Crippen molar-refractivity contribution in [1.82, 2.24) is 14.5 Å². The fourth-order valence-electron chi connectivity index (χ4n) is 9.49. The molecule has 2 heterocycles. The molecule has 0 bridgehead atoms. The maximum Gasteiger partial charge on any atom is 0.235 e. The molecule has 0 atom stereocenters. The Morgan fingerprint density at radius 1 is 0.471 bits per heavy atom. The minimum Gasteiger partial charge on any atom is -0.278 e. The van der Waals surface area contributed by atoms with Crippen molar-refractivity contribution < 1.29 is 0 Å². The third-order valence-corrected chi connectivity index (χ3v) is 11.8. The highest BCUT2D eigenvalue weighted by molar-refractivity contribution is 6.21. The standard InChI is InChI=1S/C48H35N3/c1-3-13-31(14-4-1)33-21-25-39-44(30-33)51(43-26-23-32-15-5-6-16-35(32)45(39)43)47-49-42-20-10-8-18-38(42)46(50-47)34-22-24-37-36-17-7-9-19-40(36)48(41(37)29-34)27-11-2-12-28-48/h1,3-10,13-26,29-30H,2,11-12,27-28H2. The molecule has 51 heavy (non-hydrogen) atoms. The summed E-state index contributed by atoms with van der Waals surface area (Å²) in [7, 11) is 0. The molecule has 0 aliphatic heterocycles. The zero-order chi connectivity index (χ0) is 33.5. The van der Waals surface area contributed by atoms with Gasteiger partial charge in [0.15, 0.2) is 0 Å². The third kappa shape index (κ3) is 4.18. The normalized spacial score (nSPS) is 14.8. The lowest BCUT2D eigenvalue weighted by Gasteiger charge is -2.36. The summed E-state index contributed by atoms with van der Waals surface area (Å²) in [4.78, 5) is 10.9. The number of para-hydroxylation sites is 1. The van der Waals surface area contributed by atoms with E-state index in [0.29, 0.717) is 5.95 Å². The Morgan fingerprint density at radius 2 is 1.22 bits per heavy atom. The first-order valence-electron chi connectivity index (χ1n) is 18.3. The van der Waals surface area contributed by atoms with E-state index in [1.54, 1.807) is 0 Å². The molecule has 1 fully saturated rings. The Kier molecular flexibility index (Phi) is 6.18. The molecule has 0 amide bonds. The zero-order valence-corrected chi connectivity index (χ0v) is 28.3. The second-order valence-corrected chi connectivity index (χ2v) is 14.5. The van der Waals surface area contributed by atoms with Gasteiger partial charge in [-0.1, -0.05) is 147 Å². The van der Waals surface area contributed by atoms with Crippen LogP contribution in [0.1, 0.15) is 43.2 Å². The summed E-state index contributed by atoms with van der Waals surface area (Å²) in [5.41, 5.74) is 13.5. The van der Waals surface area contributed by atoms with E-state index >= 15 is 0 Å². The Balaban J connectivity index is 1.19. The van der Waals surface area contributed by atoms with Crippen LogP contribution in [0, 0.1) is 0 Å². The van der Waals surface area contributed by atoms with Crippen LogP contribution in [0.15, 0.2) is 152 Å². The third-order valence-electron chi connectivity index (χ3n) is 11.8.